The summed E-state index contributed by atoms with van der Waals surface area (Å²) in [5, 5.41) is 0. The van der Waals surface area contributed by atoms with E-state index in [-0.39, 0.29) is 0 Å². The molecule has 78 valence electrons. The van der Waals surface area contributed by atoms with Crippen LogP contribution in [0.2, 0.25) is 0 Å². The first kappa shape index (κ1) is 9.56. The smallest absolute Gasteiger partial charge is 0.200 e. The molecule has 0 amide bonds. The Morgan fingerprint density at radius 2 is 2.21 bits per heavy atom. The lowest BCUT2D eigenvalue weighted by Gasteiger charge is -2.05. The number of anilines is 1. The summed E-state index contributed by atoms with van der Waals surface area (Å²) in [5.74, 6) is 1.57. The van der Waals surface area contributed by atoms with Crippen molar-refractivity contribution in [1.82, 2.24) is 9.55 Å². The monoisotopic (exact) mass is 193 g/mol. The highest BCUT2D eigenvalue weighted by Gasteiger charge is 2.15. The maximum absolute atomic E-state index is 5.68. The van der Waals surface area contributed by atoms with Gasteiger partial charge in [-0.2, -0.15) is 0 Å². The number of aromatic nitrogens is 2. The molecule has 0 aromatic carbocycles. The van der Waals surface area contributed by atoms with Crippen LogP contribution in [-0.4, -0.2) is 9.55 Å². The van der Waals surface area contributed by atoms with Crippen molar-refractivity contribution in [2.45, 2.75) is 38.5 Å². The van der Waals surface area contributed by atoms with Gasteiger partial charge in [0.15, 0.2) is 5.95 Å². The van der Waals surface area contributed by atoms with E-state index in [1.54, 1.807) is 0 Å². The van der Waals surface area contributed by atoms with E-state index >= 15 is 0 Å². The predicted molar refractivity (Wildman–Crippen MR) is 57.9 cm³/mol. The van der Waals surface area contributed by atoms with E-state index in [1.165, 1.54) is 32.1 Å². The lowest BCUT2D eigenvalue weighted by atomic mass is 10.0. The molecule has 0 aliphatic heterocycles. The van der Waals surface area contributed by atoms with Crippen LogP contribution in [0.1, 0.15) is 37.8 Å². The second-order valence-electron chi connectivity index (χ2n) is 4.39. The minimum absolute atomic E-state index is 0.631. The van der Waals surface area contributed by atoms with E-state index < -0.39 is 0 Å². The summed E-state index contributed by atoms with van der Waals surface area (Å²) in [5.41, 5.74) is 6.83. The molecule has 2 N–H and O–H groups in total. The van der Waals surface area contributed by atoms with Crippen molar-refractivity contribution in [2.75, 3.05) is 5.73 Å². The molecule has 1 aromatic heterocycles. The number of aryl methyl sites for hydroxylation is 2. The first-order chi connectivity index (χ1) is 6.75. The minimum Gasteiger partial charge on any atom is -0.369 e. The molecule has 3 heteroatoms. The first-order valence-corrected chi connectivity index (χ1v) is 5.53. The molecular weight excluding hydrogens is 174 g/mol. The lowest BCUT2D eigenvalue weighted by molar-refractivity contribution is 0.501. The van der Waals surface area contributed by atoms with Gasteiger partial charge in [0.2, 0.25) is 0 Å². The average Bonchev–Trinajstić information content (AvgIpc) is 2.74. The Morgan fingerprint density at radius 1 is 1.50 bits per heavy atom. The first-order valence-electron chi connectivity index (χ1n) is 5.53. The molecule has 1 aliphatic carbocycles. The number of nitrogens with two attached hydrogens (primary N) is 1. The molecular formula is C11H19N3. The van der Waals surface area contributed by atoms with Crippen LogP contribution in [-0.2, 0) is 13.5 Å². The quantitative estimate of drug-likeness (QED) is 0.799. The Bertz CT molecular complexity index is 278. The maximum Gasteiger partial charge on any atom is 0.200 e. The highest BCUT2D eigenvalue weighted by atomic mass is 15.1. The number of hydrogen-bond donors (Lipinski definition) is 1. The third-order valence-electron chi connectivity index (χ3n) is 3.25. The topological polar surface area (TPSA) is 43.8 Å². The summed E-state index contributed by atoms with van der Waals surface area (Å²) >= 11 is 0. The molecule has 0 unspecified atom stereocenters. The zero-order valence-electron chi connectivity index (χ0n) is 8.87. The Kier molecular flexibility index (Phi) is 2.75. The van der Waals surface area contributed by atoms with Crippen LogP contribution in [0.15, 0.2) is 6.20 Å². The second kappa shape index (κ2) is 4.03. The zero-order valence-corrected chi connectivity index (χ0v) is 8.87. The second-order valence-corrected chi connectivity index (χ2v) is 4.39. The Morgan fingerprint density at radius 3 is 2.79 bits per heavy atom. The van der Waals surface area contributed by atoms with E-state index in [0.717, 1.165) is 18.0 Å². The summed E-state index contributed by atoms with van der Waals surface area (Å²) < 4.78 is 1.89. The molecule has 0 radical (unpaired) electrons. The summed E-state index contributed by atoms with van der Waals surface area (Å²) in [6, 6.07) is 0. The van der Waals surface area contributed by atoms with Crippen LogP contribution in [0, 0.1) is 5.92 Å². The van der Waals surface area contributed by atoms with Crippen molar-refractivity contribution in [2.24, 2.45) is 13.0 Å². The summed E-state index contributed by atoms with van der Waals surface area (Å²) in [6.45, 7) is 0. The fraction of sp³-hybridized carbons (Fsp3) is 0.727. The average molecular weight is 193 g/mol. The van der Waals surface area contributed by atoms with Gasteiger partial charge in [0.25, 0.3) is 0 Å². The normalized spacial score (nSPS) is 17.8. The van der Waals surface area contributed by atoms with Gasteiger partial charge in [-0.25, -0.2) is 4.98 Å². The lowest BCUT2D eigenvalue weighted by Crippen LogP contribution is -1.96. The molecule has 0 atom stereocenters. The van der Waals surface area contributed by atoms with Crippen molar-refractivity contribution in [3.05, 3.63) is 11.9 Å². The zero-order chi connectivity index (χ0) is 9.97. The van der Waals surface area contributed by atoms with E-state index in [0.29, 0.717) is 5.95 Å². The van der Waals surface area contributed by atoms with E-state index in [1.807, 2.05) is 17.8 Å². The number of rotatable bonds is 3. The van der Waals surface area contributed by atoms with Gasteiger partial charge in [-0.1, -0.05) is 25.7 Å². The van der Waals surface area contributed by atoms with Crippen molar-refractivity contribution in [3.8, 4) is 0 Å². The predicted octanol–water partition coefficient (Wildman–Crippen LogP) is 2.13. The highest BCUT2D eigenvalue weighted by Crippen LogP contribution is 2.28. The van der Waals surface area contributed by atoms with Gasteiger partial charge < -0.3 is 10.3 Å². The summed E-state index contributed by atoms with van der Waals surface area (Å²) in [4.78, 5) is 4.31. The Labute approximate surface area is 85.3 Å². The van der Waals surface area contributed by atoms with Gasteiger partial charge in [-0.05, 0) is 18.8 Å². The fourth-order valence-corrected chi connectivity index (χ4v) is 2.32. The van der Waals surface area contributed by atoms with Crippen molar-refractivity contribution in [3.63, 3.8) is 0 Å². The van der Waals surface area contributed by atoms with Crippen LogP contribution in [0.5, 0.6) is 0 Å². The van der Waals surface area contributed by atoms with E-state index in [4.69, 9.17) is 5.73 Å². The third-order valence-corrected chi connectivity index (χ3v) is 3.25. The largest absolute Gasteiger partial charge is 0.369 e. The van der Waals surface area contributed by atoms with Gasteiger partial charge in [0, 0.05) is 13.2 Å². The summed E-state index contributed by atoms with van der Waals surface area (Å²) in [6.07, 6.45) is 10.1. The van der Waals surface area contributed by atoms with Crippen LogP contribution >= 0.6 is 0 Å². The van der Waals surface area contributed by atoms with Gasteiger partial charge in [0.1, 0.15) is 0 Å². The maximum atomic E-state index is 5.68. The molecule has 2 rings (SSSR count). The van der Waals surface area contributed by atoms with Crippen LogP contribution in [0.4, 0.5) is 5.95 Å². The standard InChI is InChI=1S/C11H19N3/c1-14-8-10(13-11(14)12)7-6-9-4-2-3-5-9/h8-9H,2-7H2,1H3,(H2,12,13). The van der Waals surface area contributed by atoms with Crippen LogP contribution in [0.25, 0.3) is 0 Å². The van der Waals surface area contributed by atoms with E-state index in [9.17, 15) is 0 Å². The van der Waals surface area contributed by atoms with Gasteiger partial charge in [-0.3, -0.25) is 0 Å². The molecule has 0 spiro atoms. The molecule has 1 fully saturated rings. The molecule has 1 heterocycles. The Hall–Kier alpha value is -0.990. The summed E-state index contributed by atoms with van der Waals surface area (Å²) in [7, 11) is 1.95. The van der Waals surface area contributed by atoms with E-state index in [2.05, 4.69) is 4.98 Å². The molecule has 14 heavy (non-hydrogen) atoms. The molecule has 3 nitrogen and oxygen atoms in total. The van der Waals surface area contributed by atoms with Crippen molar-refractivity contribution >= 4 is 5.95 Å². The van der Waals surface area contributed by atoms with Crippen molar-refractivity contribution < 1.29 is 0 Å². The fourth-order valence-electron chi connectivity index (χ4n) is 2.32. The van der Waals surface area contributed by atoms with Crippen LogP contribution in [0.3, 0.4) is 0 Å². The highest BCUT2D eigenvalue weighted by molar-refractivity contribution is 5.21. The van der Waals surface area contributed by atoms with Gasteiger partial charge >= 0.3 is 0 Å². The number of nitrogens with zero attached hydrogens (tertiary/aromatic N) is 2. The SMILES string of the molecule is Cn1cc(CCC2CCCC2)nc1N. The Balaban J connectivity index is 1.85. The van der Waals surface area contributed by atoms with Gasteiger partial charge in [-0.15, -0.1) is 0 Å². The molecule has 0 saturated heterocycles. The number of imidazole rings is 1. The minimum atomic E-state index is 0.631. The molecule has 0 bridgehead atoms. The number of hydrogen-bond acceptors (Lipinski definition) is 2. The third kappa shape index (κ3) is 2.08. The molecule has 1 saturated carbocycles. The molecule has 1 aromatic rings. The van der Waals surface area contributed by atoms with Gasteiger partial charge in [0.05, 0.1) is 5.69 Å². The van der Waals surface area contributed by atoms with Crippen molar-refractivity contribution in [1.29, 1.82) is 0 Å². The molecule has 1 aliphatic rings. The van der Waals surface area contributed by atoms with Crippen LogP contribution < -0.4 is 5.73 Å². The number of nitrogen functional groups attached to an aromatic ring is 1.